The highest BCUT2D eigenvalue weighted by Crippen LogP contribution is 2.62. The zero-order valence-corrected chi connectivity index (χ0v) is 66.1. The topological polar surface area (TPSA) is 648 Å². The van der Waals surface area contributed by atoms with Crippen LogP contribution in [0, 0.1) is 13.8 Å². The lowest BCUT2D eigenvalue weighted by Crippen LogP contribution is -2.52. The van der Waals surface area contributed by atoms with Crippen LogP contribution in [0.25, 0.3) is 33.5 Å². The molecule has 0 aliphatic carbocycles. The van der Waals surface area contributed by atoms with E-state index >= 15 is 9.46 Å². The molecule has 48 nitrogen and oxygen atoms in total. The van der Waals surface area contributed by atoms with Gasteiger partial charge < -0.3 is 134 Å². The molecule has 612 valence electrons. The molecule has 56 heteroatoms. The summed E-state index contributed by atoms with van der Waals surface area (Å²) in [4.78, 5) is 161. The summed E-state index contributed by atoms with van der Waals surface area (Å²) in [5, 5.41) is 11.7. The fourth-order valence-electron chi connectivity index (χ4n) is 15.3. The summed E-state index contributed by atoms with van der Waals surface area (Å²) in [5.41, 5.74) is 12.7. The number of imidazole rings is 3. The summed E-state index contributed by atoms with van der Waals surface area (Å²) in [6.45, 7) is -16.0. The molecule has 6 bridgehead atoms. The number of hydrogen-bond acceptors (Lipinski definition) is 43. The number of aliphatic hydroxyl groups is 1. The van der Waals surface area contributed by atoms with Crippen molar-refractivity contribution in [1.29, 1.82) is 0 Å². The summed E-state index contributed by atoms with van der Waals surface area (Å²) in [6.07, 6.45) is -18.4. The van der Waals surface area contributed by atoms with E-state index in [-0.39, 0.29) is 75.7 Å². The number of nitrogens with one attached hydrogen (secondary N) is 4. The molecule has 8 saturated heterocycles. The van der Waals surface area contributed by atoms with Gasteiger partial charge in [-0.3, -0.25) is 66.5 Å². The number of aromatic nitrogens is 16. The number of ether oxygens (including phenoxy) is 9. The maximum atomic E-state index is 15.5. The minimum Gasteiger partial charge on any atom is -0.780 e. The first-order valence-electron chi connectivity index (χ1n) is 34.2. The highest BCUT2D eigenvalue weighted by Gasteiger charge is 2.71. The number of rotatable bonds is 27. The molecule has 0 saturated carbocycles. The lowest BCUT2D eigenvalue weighted by Gasteiger charge is -2.42. The lowest BCUT2D eigenvalue weighted by atomic mass is 9.94. The number of methoxy groups -OCH3 is 1. The molecule has 8 fully saturated rings. The van der Waals surface area contributed by atoms with Crippen molar-refractivity contribution < 1.29 is 103 Å². The molecule has 13 N–H and O–H groups in total. The monoisotopic (exact) mass is 1730 g/mol. The van der Waals surface area contributed by atoms with Crippen molar-refractivity contribution in [3.63, 3.8) is 0 Å². The van der Waals surface area contributed by atoms with Crippen LogP contribution in [0.5, 0.6) is 0 Å². The fraction of sp³-hybridized carbons (Fsp3) is 0.596. The van der Waals surface area contributed by atoms with Crippen LogP contribution in [0.1, 0.15) is 75.9 Å². The van der Waals surface area contributed by atoms with Crippen LogP contribution in [0.3, 0.4) is 0 Å². The van der Waals surface area contributed by atoms with Crippen molar-refractivity contribution in [2.24, 2.45) is 0 Å². The van der Waals surface area contributed by atoms with Crippen molar-refractivity contribution in [3.05, 3.63) is 105 Å². The number of fused-ring (bicyclic) bond motifs is 9. The third kappa shape index (κ3) is 14.3. The zero-order chi connectivity index (χ0) is 80.5. The predicted octanol–water partition coefficient (Wildman–Crippen LogP) is -4.10. The van der Waals surface area contributed by atoms with Gasteiger partial charge in [-0.1, -0.05) is 35.4 Å². The van der Waals surface area contributed by atoms with Crippen molar-refractivity contribution >= 4 is 132 Å². The molecule has 16 rings (SSSR count). The van der Waals surface area contributed by atoms with E-state index in [1.165, 1.54) is 73.6 Å². The molecule has 0 spiro atoms. The molecule has 8 aliphatic rings. The zero-order valence-electron chi connectivity index (χ0n) is 59.3. The Labute approximate surface area is 652 Å². The van der Waals surface area contributed by atoms with Crippen LogP contribution in [-0.2, 0) is 131 Å². The van der Waals surface area contributed by atoms with E-state index in [4.69, 9.17) is 149 Å². The van der Waals surface area contributed by atoms with Gasteiger partial charge in [0.1, 0.15) is 104 Å². The lowest BCUT2D eigenvalue weighted by molar-refractivity contribution is -0.245. The van der Waals surface area contributed by atoms with Crippen LogP contribution >= 0.6 is 27.0 Å². The van der Waals surface area contributed by atoms with Gasteiger partial charge in [0, 0.05) is 43.5 Å². The third-order valence-electron chi connectivity index (χ3n) is 20.9. The number of H-pyrrole nitrogens is 4. The van der Waals surface area contributed by atoms with Crippen LogP contribution in [0.2, 0.25) is 0 Å². The average molecular weight is 1730 g/mol. The van der Waals surface area contributed by atoms with Gasteiger partial charge in [0.15, 0.2) is 59.0 Å². The molecule has 7 unspecified atom stereocenters. The van der Waals surface area contributed by atoms with Crippen LogP contribution in [0.4, 0.5) is 23.7 Å². The van der Waals surface area contributed by atoms with Crippen molar-refractivity contribution in [3.8, 4) is 0 Å². The number of nitrogen functional groups attached to an aromatic ring is 4. The van der Waals surface area contributed by atoms with Gasteiger partial charge in [0.25, 0.3) is 22.2 Å². The molecular weight excluding hydrogens is 1660 g/mol. The maximum Gasteiger partial charge on any atom is 0.351 e. The Balaban J connectivity index is 0.667. The second-order valence-electron chi connectivity index (χ2n) is 27.8. The Hall–Kier alpha value is -6.50. The smallest absolute Gasteiger partial charge is 0.351 e. The minimum absolute atomic E-state index is 0.0467. The van der Waals surface area contributed by atoms with Crippen molar-refractivity contribution in [2.75, 3.05) is 63.1 Å². The molecular formula is C57H68N20O28P4S4-4. The first kappa shape index (κ1) is 80.3. The van der Waals surface area contributed by atoms with Crippen LogP contribution in [-0.4, -0.2) is 219 Å². The largest absolute Gasteiger partial charge is 0.780 e. The normalized spacial score (nSPS) is 34.6. The second-order valence-corrected chi connectivity index (χ2v) is 38.6. The van der Waals surface area contributed by atoms with Crippen molar-refractivity contribution in [2.45, 2.75) is 175 Å². The maximum absolute atomic E-state index is 15.5. The van der Waals surface area contributed by atoms with Gasteiger partial charge in [0.2, 0.25) is 17.8 Å². The molecule has 8 aromatic heterocycles. The summed E-state index contributed by atoms with van der Waals surface area (Å²) < 4.78 is 127. The Morgan fingerprint density at radius 3 is 1.50 bits per heavy atom. The Kier molecular flexibility index (Phi) is 20.8. The van der Waals surface area contributed by atoms with Gasteiger partial charge in [-0.2, -0.15) is 19.9 Å². The highest BCUT2D eigenvalue weighted by molar-refractivity contribution is 8.32. The van der Waals surface area contributed by atoms with E-state index in [2.05, 4.69) is 54.8 Å². The van der Waals surface area contributed by atoms with Gasteiger partial charge in [0.05, 0.1) is 82.5 Å². The fourth-order valence-corrected chi connectivity index (χ4v) is 21.1. The minimum atomic E-state index is -5.17. The molecule has 16 heterocycles. The standard InChI is InChI=1S/C57H72N20O28P4S4/c1-19-9-74(53(83)65-39(19)58)47-33-36(78)55(99-47,21(3)94-33)13-91-108(87,112)104-38-35-49(77-18-64-32-42(77)68-52(61)71-46(32)82)101-57(38,23(5)96-35)15-93-109(88,113)105-37-34-48(76-17-63-31-41(76)67-51(60)70-45(31)81)100-56(37,22(4)95-34)14-92-107(86,111)103-25-7-28(73-10-20(2)43(79)72-54(73)84)98-27(25)12-90-106(85,110)102-24-8-29(97-26(24)11-89-6)75-16-62-30-40(75)66-50(59)69-44(30)80/h9-10,16-18,21-29,33-38,47-49,78H,7-8,11-15H2,1-6H3,(H,85,110)(H,86,111)(H,87,112)(H,88,113)(H2,58,65,83)(H,72,79,84)(H3,59,66,69,80)(H3,60,67,70,81)(H3,61,68,71,82)/p-4/t21-,22-,23-,24+,25+,26+,27+,28+,29+,33?,34?,35?,36+,37+,38+,47+,48+,49+,55-,56-,57-,106?,107?,108?,109?/m0/s1. The van der Waals surface area contributed by atoms with Crippen molar-refractivity contribution in [1.82, 2.24) is 77.7 Å². The Bertz CT molecular complexity index is 5740. The number of nitrogens with two attached hydrogens (primary N) is 4. The van der Waals surface area contributed by atoms with Crippen LogP contribution < -0.4 is 71.2 Å². The number of aromatic amines is 4. The Morgan fingerprint density at radius 1 is 0.549 bits per heavy atom. The molecule has 8 aromatic rings. The summed E-state index contributed by atoms with van der Waals surface area (Å²) in [6, 6.07) is 0. The SMILES string of the molecule is COC[C@H]1O[C@@H](n2cnc3c(=O)[nH]c(N)nc32)C[C@H]1OP([O-])(=S)OC[C@H]1O[C@@H](n2cc(C)c(=O)[nH]c2=O)C[C@H]1OP(=O)([S-])OC[C@]12O[C@@H](n3cnc4c(=O)[nH]c(N)nc43)C(O[C@H]1C)[C@H]2OP([O-])(=S)OC[C@]12O[C@@H](n3cnc4c(=O)[nH]c(N)nc43)C(O[C@H]1C)[C@H]2OP([O-])(=S)OC[C@]12O[C@@H](n3cc(C)c(N)nc3=O)C(O[C@H]1C)[C@H]2O. The third-order valence-corrected chi connectivity index (χ3v) is 27.1. The second kappa shape index (κ2) is 29.2. The molecule has 0 amide bonds. The number of hydrogen-bond donors (Lipinski definition) is 9. The van der Waals surface area contributed by atoms with E-state index < -0.39 is 221 Å². The average Bonchev–Trinajstić information content (AvgIpc) is 1.55. The van der Waals surface area contributed by atoms with Gasteiger partial charge >= 0.3 is 11.4 Å². The molecule has 113 heavy (non-hydrogen) atoms. The van der Waals surface area contributed by atoms with E-state index in [0.29, 0.717) is 5.56 Å². The van der Waals surface area contributed by atoms with Gasteiger partial charge in [-0.25, -0.2) is 24.5 Å². The predicted molar refractivity (Wildman–Crippen MR) is 389 cm³/mol. The quantitative estimate of drug-likeness (QED) is 0.0175. The highest BCUT2D eigenvalue weighted by atomic mass is 32.7. The Morgan fingerprint density at radius 2 is 0.973 bits per heavy atom. The number of aliphatic hydroxyl groups excluding tert-OH is 1. The number of nitrogens with zero attached hydrogens (tertiary/aromatic N) is 12. The van der Waals surface area contributed by atoms with Gasteiger partial charge in [-0.15, -0.1) is 0 Å². The number of aryl methyl sites for hydroxylation is 2. The number of anilines is 4. The first-order valence-corrected chi connectivity index (χ1v) is 44.4. The molecule has 8 aliphatic heterocycles. The van der Waals surface area contributed by atoms with Crippen LogP contribution in [0.15, 0.2) is 60.1 Å². The summed E-state index contributed by atoms with van der Waals surface area (Å²) in [7, 11) is 1.37. The van der Waals surface area contributed by atoms with E-state index in [1.807, 2.05) is 0 Å². The van der Waals surface area contributed by atoms with Gasteiger partial charge in [-0.05, 0) is 34.6 Å². The molecule has 0 aromatic carbocycles. The summed E-state index contributed by atoms with van der Waals surface area (Å²) in [5.74, 6) is -0.935. The van der Waals surface area contributed by atoms with E-state index in [9.17, 15) is 43.7 Å². The summed E-state index contributed by atoms with van der Waals surface area (Å²) >= 11 is 22.4. The van der Waals surface area contributed by atoms with E-state index in [0.717, 1.165) is 15.5 Å². The molecule has 0 radical (unpaired) electrons. The molecule has 25 atom stereocenters. The first-order chi connectivity index (χ1) is 53.3. The van der Waals surface area contributed by atoms with E-state index in [1.54, 1.807) is 6.92 Å².